The van der Waals surface area contributed by atoms with Crippen molar-refractivity contribution in [1.29, 1.82) is 0 Å². The SMILES string of the molecule is CC.CC(C)c1ccc2ccccc2c1.O=Cc1ccc2ccccc2c1.Oc1ccc2ccc3cccc4ccc1c2c34.Oc1ccc2ccc3cccc4ccc1c2c34. The Kier molecular flexibility index (Phi) is 11.7. The lowest BCUT2D eigenvalue weighted by atomic mass is 9.94. The summed E-state index contributed by atoms with van der Waals surface area (Å²) in [7, 11) is 0. The van der Waals surface area contributed by atoms with Gasteiger partial charge in [-0.05, 0) is 94.3 Å². The van der Waals surface area contributed by atoms with E-state index in [-0.39, 0.29) is 0 Å². The molecule has 3 heteroatoms. The van der Waals surface area contributed by atoms with Crippen molar-refractivity contribution >= 4 is 92.5 Å². The molecule has 0 aliphatic carbocycles. The molecule has 0 radical (unpaired) electrons. The normalized spacial score (nSPS) is 11.0. The highest BCUT2D eigenvalue weighted by molar-refractivity contribution is 6.25. The summed E-state index contributed by atoms with van der Waals surface area (Å²) in [5, 5.41) is 38.8. The number of phenols is 2. The van der Waals surface area contributed by atoms with Crippen molar-refractivity contribution in [1.82, 2.24) is 0 Å². The van der Waals surface area contributed by atoms with Gasteiger partial charge in [-0.25, -0.2) is 0 Å². The van der Waals surface area contributed by atoms with Crippen LogP contribution < -0.4 is 0 Å². The molecule has 0 aliphatic heterocycles. The number of aromatic hydroxyl groups is 2. The molecule has 2 N–H and O–H groups in total. The average molecular weight is 793 g/mol. The highest BCUT2D eigenvalue weighted by Gasteiger charge is 2.11. The zero-order chi connectivity index (χ0) is 42.5. The van der Waals surface area contributed by atoms with Gasteiger partial charge in [0, 0.05) is 27.1 Å². The van der Waals surface area contributed by atoms with Crippen molar-refractivity contribution in [2.45, 2.75) is 33.6 Å². The number of aldehydes is 1. The number of fused-ring (bicyclic) bond motifs is 2. The van der Waals surface area contributed by atoms with Crippen LogP contribution in [0.2, 0.25) is 0 Å². The van der Waals surface area contributed by atoms with E-state index < -0.39 is 0 Å². The number of benzene rings is 12. The minimum absolute atomic E-state index is 0.357. The van der Waals surface area contributed by atoms with Crippen LogP contribution in [0.15, 0.2) is 194 Å². The molecule has 0 heterocycles. The van der Waals surface area contributed by atoms with E-state index in [4.69, 9.17) is 0 Å². The zero-order valence-corrected chi connectivity index (χ0v) is 34.9. The van der Waals surface area contributed by atoms with Crippen LogP contribution in [-0.4, -0.2) is 16.5 Å². The molecular formula is C58H48O3. The van der Waals surface area contributed by atoms with E-state index in [1.807, 2.05) is 80.6 Å². The monoisotopic (exact) mass is 792 g/mol. The Hall–Kier alpha value is -7.49. The van der Waals surface area contributed by atoms with E-state index in [1.165, 1.54) is 75.6 Å². The molecular weight excluding hydrogens is 745 g/mol. The maximum Gasteiger partial charge on any atom is 0.150 e. The van der Waals surface area contributed by atoms with Crippen LogP contribution in [0.1, 0.15) is 49.5 Å². The molecule has 12 aromatic rings. The Morgan fingerprint density at radius 2 is 0.705 bits per heavy atom. The maximum absolute atomic E-state index is 10.5. The predicted octanol–water partition coefficient (Wildman–Crippen LogP) is 16.2. The minimum atomic E-state index is 0.357. The van der Waals surface area contributed by atoms with Crippen LogP contribution in [0.5, 0.6) is 11.5 Å². The van der Waals surface area contributed by atoms with Crippen molar-refractivity contribution < 1.29 is 15.0 Å². The van der Waals surface area contributed by atoms with Gasteiger partial charge in [-0.15, -0.1) is 0 Å². The van der Waals surface area contributed by atoms with Crippen LogP contribution in [0.4, 0.5) is 0 Å². The van der Waals surface area contributed by atoms with E-state index in [2.05, 4.69) is 129 Å². The molecule has 12 rings (SSSR count). The molecule has 0 saturated carbocycles. The molecule has 0 unspecified atom stereocenters. The third kappa shape index (κ3) is 8.11. The van der Waals surface area contributed by atoms with Gasteiger partial charge in [-0.3, -0.25) is 4.79 Å². The van der Waals surface area contributed by atoms with Gasteiger partial charge in [-0.2, -0.15) is 0 Å². The maximum atomic E-state index is 10.5. The van der Waals surface area contributed by atoms with E-state index >= 15 is 0 Å². The number of phenolic OH excluding ortho intramolecular Hbond substituents is 2. The van der Waals surface area contributed by atoms with Crippen molar-refractivity contribution in [3.05, 3.63) is 205 Å². The largest absolute Gasteiger partial charge is 0.507 e. The second kappa shape index (κ2) is 17.8. The highest BCUT2D eigenvalue weighted by Crippen LogP contribution is 2.39. The Morgan fingerprint density at radius 1 is 0.361 bits per heavy atom. The fourth-order valence-electron chi connectivity index (χ4n) is 8.29. The first-order valence-corrected chi connectivity index (χ1v) is 21.0. The Labute approximate surface area is 356 Å². The molecule has 0 bridgehead atoms. The van der Waals surface area contributed by atoms with Crippen LogP contribution in [0.3, 0.4) is 0 Å². The Bertz CT molecular complexity index is 3240. The fourth-order valence-corrected chi connectivity index (χ4v) is 8.29. The summed E-state index contributed by atoms with van der Waals surface area (Å²) in [5.41, 5.74) is 2.15. The summed E-state index contributed by atoms with van der Waals surface area (Å²) in [5.74, 6) is 1.33. The average Bonchev–Trinajstić information content (AvgIpc) is 3.32. The topological polar surface area (TPSA) is 57.5 Å². The second-order valence-electron chi connectivity index (χ2n) is 15.4. The van der Waals surface area contributed by atoms with Crippen molar-refractivity contribution in [2.24, 2.45) is 0 Å². The minimum Gasteiger partial charge on any atom is -0.507 e. The molecule has 0 aromatic heterocycles. The number of hydrogen-bond acceptors (Lipinski definition) is 3. The van der Waals surface area contributed by atoms with E-state index in [0.29, 0.717) is 17.4 Å². The lowest BCUT2D eigenvalue weighted by molar-refractivity contribution is 0.112. The van der Waals surface area contributed by atoms with E-state index in [0.717, 1.165) is 28.0 Å². The number of rotatable bonds is 2. The highest BCUT2D eigenvalue weighted by atomic mass is 16.3. The number of hydrogen-bond donors (Lipinski definition) is 2. The number of carbonyl (C=O) groups is 1. The molecule has 0 spiro atoms. The molecule has 3 nitrogen and oxygen atoms in total. The first-order chi connectivity index (χ1) is 29.9. The van der Waals surface area contributed by atoms with Crippen LogP contribution in [0.25, 0.3) is 86.2 Å². The molecule has 0 fully saturated rings. The Balaban J connectivity index is 0.000000112. The van der Waals surface area contributed by atoms with Gasteiger partial charge >= 0.3 is 0 Å². The van der Waals surface area contributed by atoms with Gasteiger partial charge in [-0.1, -0.05) is 204 Å². The summed E-state index contributed by atoms with van der Waals surface area (Å²) in [6, 6.07) is 65.6. The lowest BCUT2D eigenvalue weighted by Crippen LogP contribution is -1.85. The van der Waals surface area contributed by atoms with Crippen molar-refractivity contribution in [2.75, 3.05) is 0 Å². The first-order valence-electron chi connectivity index (χ1n) is 21.0. The smallest absolute Gasteiger partial charge is 0.150 e. The zero-order valence-electron chi connectivity index (χ0n) is 34.9. The third-order valence-corrected chi connectivity index (χ3v) is 11.4. The first kappa shape index (κ1) is 40.3. The molecule has 12 aromatic carbocycles. The molecule has 0 saturated heterocycles. The van der Waals surface area contributed by atoms with Gasteiger partial charge in [0.15, 0.2) is 0 Å². The van der Waals surface area contributed by atoms with Gasteiger partial charge in [0.2, 0.25) is 0 Å². The van der Waals surface area contributed by atoms with Crippen LogP contribution in [0, 0.1) is 0 Å². The van der Waals surface area contributed by atoms with Gasteiger partial charge < -0.3 is 10.2 Å². The quantitative estimate of drug-likeness (QED) is 0.135. The molecule has 0 amide bonds. The third-order valence-electron chi connectivity index (χ3n) is 11.4. The summed E-state index contributed by atoms with van der Waals surface area (Å²) >= 11 is 0. The molecule has 61 heavy (non-hydrogen) atoms. The molecule has 0 atom stereocenters. The Morgan fingerprint density at radius 3 is 1.15 bits per heavy atom. The number of carbonyl (C=O) groups excluding carboxylic acids is 1. The van der Waals surface area contributed by atoms with Crippen molar-refractivity contribution in [3.8, 4) is 11.5 Å². The van der Waals surface area contributed by atoms with Gasteiger partial charge in [0.1, 0.15) is 17.8 Å². The molecule has 298 valence electrons. The van der Waals surface area contributed by atoms with E-state index in [1.54, 1.807) is 12.1 Å². The summed E-state index contributed by atoms with van der Waals surface area (Å²) in [6.07, 6.45) is 0.867. The van der Waals surface area contributed by atoms with Crippen LogP contribution >= 0.6 is 0 Å². The van der Waals surface area contributed by atoms with Crippen LogP contribution in [-0.2, 0) is 0 Å². The summed E-state index contributed by atoms with van der Waals surface area (Å²) in [4.78, 5) is 10.5. The summed E-state index contributed by atoms with van der Waals surface area (Å²) in [6.45, 7) is 8.45. The van der Waals surface area contributed by atoms with E-state index in [9.17, 15) is 15.0 Å². The fraction of sp³-hybridized carbons (Fsp3) is 0.0862. The lowest BCUT2D eigenvalue weighted by Gasteiger charge is -2.11. The summed E-state index contributed by atoms with van der Waals surface area (Å²) < 4.78 is 0. The van der Waals surface area contributed by atoms with Gasteiger partial charge in [0.25, 0.3) is 0 Å². The predicted molar refractivity (Wildman–Crippen MR) is 262 cm³/mol. The molecule has 0 aliphatic rings. The van der Waals surface area contributed by atoms with Crippen molar-refractivity contribution in [3.63, 3.8) is 0 Å². The second-order valence-corrected chi connectivity index (χ2v) is 15.4. The van der Waals surface area contributed by atoms with Gasteiger partial charge in [0.05, 0.1) is 0 Å². The standard InChI is InChI=1S/2C16H10O.C13H14.C11H8O.C2H6/c2*17-14-9-7-12-5-4-10-2-1-3-11-6-8-13(14)16(12)15(10)11;1-10(2)12-8-7-11-5-3-4-6-13(11)9-12;12-8-9-5-6-10-3-1-2-4-11(10)7-9;1-2/h2*1-9,17H;3-10H,1-2H3;1-8H;1-2H3.